The van der Waals surface area contributed by atoms with Crippen LogP contribution in [0.5, 0.6) is 0 Å². The predicted molar refractivity (Wildman–Crippen MR) is 123 cm³/mol. The molecule has 0 saturated heterocycles. The van der Waals surface area contributed by atoms with Gasteiger partial charge in [0.05, 0.1) is 22.7 Å². The molecule has 2 aromatic carbocycles. The molecule has 2 aromatic heterocycles. The molecule has 0 atom stereocenters. The van der Waals surface area contributed by atoms with Crippen molar-refractivity contribution >= 4 is 17.7 Å². The van der Waals surface area contributed by atoms with E-state index in [0.717, 1.165) is 33.8 Å². The van der Waals surface area contributed by atoms with E-state index in [1.807, 2.05) is 86.6 Å². The third-order valence-corrected chi connectivity index (χ3v) is 5.79. The van der Waals surface area contributed by atoms with Crippen molar-refractivity contribution in [1.82, 2.24) is 14.8 Å². The smallest absolute Gasteiger partial charge is 0.257 e. The quantitative estimate of drug-likeness (QED) is 0.394. The van der Waals surface area contributed by atoms with Crippen molar-refractivity contribution in [2.24, 2.45) is 0 Å². The summed E-state index contributed by atoms with van der Waals surface area (Å²) in [5, 5.41) is 14.7. The number of carbonyl (C=O) groups excluding carboxylic acids is 1. The van der Waals surface area contributed by atoms with Crippen LogP contribution in [0.1, 0.15) is 21.7 Å². The van der Waals surface area contributed by atoms with Gasteiger partial charge in [0.25, 0.3) is 5.91 Å². The Morgan fingerprint density at radius 2 is 1.65 bits per heavy atom. The molecule has 4 rings (SSSR count). The molecule has 0 saturated carbocycles. The van der Waals surface area contributed by atoms with Crippen LogP contribution in [0.4, 0.5) is 0 Å². The van der Waals surface area contributed by atoms with Gasteiger partial charge < -0.3 is 0 Å². The molecule has 0 bridgehead atoms. The summed E-state index contributed by atoms with van der Waals surface area (Å²) in [7, 11) is 0. The molecule has 0 aliphatic rings. The fraction of sp³-hybridized carbons (Fsp3) is 0.120. The van der Waals surface area contributed by atoms with E-state index < -0.39 is 0 Å². The molecule has 0 spiro atoms. The summed E-state index contributed by atoms with van der Waals surface area (Å²) >= 11 is 1.27. The maximum atomic E-state index is 12.7. The molecule has 0 N–H and O–H groups in total. The van der Waals surface area contributed by atoms with Crippen LogP contribution < -0.4 is 0 Å². The molecule has 0 aliphatic carbocycles. The Morgan fingerprint density at radius 3 is 2.23 bits per heavy atom. The highest BCUT2D eigenvalue weighted by Crippen LogP contribution is 2.34. The molecule has 2 heterocycles. The number of thioether (sulfide) groups is 1. The van der Waals surface area contributed by atoms with Gasteiger partial charge in [0.1, 0.15) is 11.1 Å². The lowest BCUT2D eigenvalue weighted by Gasteiger charge is -2.12. The van der Waals surface area contributed by atoms with E-state index in [1.165, 1.54) is 16.4 Å². The molecule has 6 heteroatoms. The Bertz CT molecular complexity index is 1270. The van der Waals surface area contributed by atoms with E-state index in [9.17, 15) is 10.1 Å². The summed E-state index contributed by atoms with van der Waals surface area (Å²) in [5.41, 5.74) is 5.51. The highest BCUT2D eigenvalue weighted by molar-refractivity contribution is 8.00. The highest BCUT2D eigenvalue weighted by Gasteiger charge is 2.18. The Hall–Kier alpha value is -3.69. The summed E-state index contributed by atoms with van der Waals surface area (Å²) in [6, 6.07) is 25.7. The molecule has 31 heavy (non-hydrogen) atoms. The summed E-state index contributed by atoms with van der Waals surface area (Å²) in [4.78, 5) is 17.5. The zero-order valence-corrected chi connectivity index (χ0v) is 18.1. The van der Waals surface area contributed by atoms with Gasteiger partial charge in [-0.2, -0.15) is 10.4 Å². The van der Waals surface area contributed by atoms with Crippen LogP contribution >= 0.6 is 11.8 Å². The van der Waals surface area contributed by atoms with E-state index in [4.69, 9.17) is 4.98 Å². The number of nitriles is 1. The number of aromatic nitrogens is 3. The molecule has 152 valence electrons. The van der Waals surface area contributed by atoms with Gasteiger partial charge in [0.2, 0.25) is 0 Å². The van der Waals surface area contributed by atoms with Crippen LogP contribution in [0.3, 0.4) is 0 Å². The minimum atomic E-state index is -0.146. The third kappa shape index (κ3) is 4.42. The van der Waals surface area contributed by atoms with E-state index in [2.05, 4.69) is 11.2 Å². The van der Waals surface area contributed by atoms with Crippen LogP contribution in [0.15, 0.2) is 77.8 Å². The van der Waals surface area contributed by atoms with Crippen molar-refractivity contribution < 1.29 is 4.79 Å². The first-order chi connectivity index (χ1) is 15.1. The number of hydrogen-bond acceptors (Lipinski definition) is 5. The number of aryl methyl sites for hydroxylation is 2. The topological polar surface area (TPSA) is 71.6 Å². The first-order valence-corrected chi connectivity index (χ1v) is 10.8. The van der Waals surface area contributed by atoms with Gasteiger partial charge >= 0.3 is 0 Å². The maximum Gasteiger partial charge on any atom is 0.257 e. The number of carbonyl (C=O) groups is 1. The molecule has 4 aromatic rings. The fourth-order valence-corrected chi connectivity index (χ4v) is 4.25. The van der Waals surface area contributed by atoms with Crippen LogP contribution in [-0.2, 0) is 0 Å². The first-order valence-electron chi connectivity index (χ1n) is 9.82. The Kier molecular flexibility index (Phi) is 5.96. The van der Waals surface area contributed by atoms with Crippen molar-refractivity contribution in [1.29, 1.82) is 5.26 Å². The van der Waals surface area contributed by atoms with Crippen LogP contribution in [0, 0.1) is 25.2 Å². The number of pyridine rings is 1. The average Bonchev–Trinajstić information content (AvgIpc) is 3.15. The molecular weight excluding hydrogens is 404 g/mol. The maximum absolute atomic E-state index is 12.7. The lowest BCUT2D eigenvalue weighted by Crippen LogP contribution is -2.16. The van der Waals surface area contributed by atoms with Crippen molar-refractivity contribution in [3.8, 4) is 28.5 Å². The van der Waals surface area contributed by atoms with E-state index in [1.54, 1.807) is 0 Å². The van der Waals surface area contributed by atoms with Crippen LogP contribution in [-0.4, -0.2) is 26.4 Å². The third-order valence-electron chi connectivity index (χ3n) is 4.83. The van der Waals surface area contributed by atoms with Gasteiger partial charge in [-0.25, -0.2) is 9.67 Å². The van der Waals surface area contributed by atoms with E-state index in [0.29, 0.717) is 10.6 Å². The Morgan fingerprint density at radius 1 is 1.00 bits per heavy atom. The molecular formula is C25H20N4OS. The van der Waals surface area contributed by atoms with Gasteiger partial charge in [-0.1, -0.05) is 72.4 Å². The number of benzene rings is 2. The minimum Gasteiger partial charge on any atom is -0.272 e. The summed E-state index contributed by atoms with van der Waals surface area (Å²) < 4.78 is 1.41. The molecule has 5 nitrogen and oxygen atoms in total. The Labute approximate surface area is 185 Å². The zero-order chi connectivity index (χ0) is 21.8. The molecule has 0 fully saturated rings. The number of rotatable bonds is 5. The predicted octanol–water partition coefficient (Wildman–Crippen LogP) is 5.53. The van der Waals surface area contributed by atoms with Gasteiger partial charge in [-0.3, -0.25) is 4.79 Å². The van der Waals surface area contributed by atoms with Gasteiger partial charge in [-0.15, -0.1) is 0 Å². The second-order valence-electron chi connectivity index (χ2n) is 7.10. The number of nitrogens with zero attached hydrogens (tertiary/aromatic N) is 4. The van der Waals surface area contributed by atoms with Gasteiger partial charge in [0.15, 0.2) is 0 Å². The fourth-order valence-electron chi connectivity index (χ4n) is 3.41. The lowest BCUT2D eigenvalue weighted by molar-refractivity contribution is 0.0924. The van der Waals surface area contributed by atoms with Crippen LogP contribution in [0.25, 0.3) is 22.4 Å². The number of hydrogen-bond donors (Lipinski definition) is 0. The average molecular weight is 425 g/mol. The van der Waals surface area contributed by atoms with Crippen molar-refractivity contribution in [3.63, 3.8) is 0 Å². The standard InChI is InChI=1S/C25H20N4OS/c1-17-13-18(2)29(28-17)24(30)16-31-25-22(15-26)21(19-9-5-3-6-10-19)14-23(27-25)20-11-7-4-8-12-20/h3-14H,16H2,1-2H3. The molecule has 0 radical (unpaired) electrons. The first kappa shape index (κ1) is 20.6. The summed E-state index contributed by atoms with van der Waals surface area (Å²) in [6.45, 7) is 3.71. The SMILES string of the molecule is Cc1cc(C)n(C(=O)CSc2nc(-c3ccccc3)cc(-c3ccccc3)c2C#N)n1. The van der Waals surface area contributed by atoms with Gasteiger partial charge in [0, 0.05) is 16.8 Å². The monoisotopic (exact) mass is 424 g/mol. The van der Waals surface area contributed by atoms with E-state index >= 15 is 0 Å². The zero-order valence-electron chi connectivity index (χ0n) is 17.2. The van der Waals surface area contributed by atoms with Crippen LogP contribution in [0.2, 0.25) is 0 Å². The second-order valence-corrected chi connectivity index (χ2v) is 8.06. The lowest BCUT2D eigenvalue weighted by atomic mass is 9.99. The summed E-state index contributed by atoms with van der Waals surface area (Å²) in [6.07, 6.45) is 0. The largest absolute Gasteiger partial charge is 0.272 e. The van der Waals surface area contributed by atoms with E-state index in [-0.39, 0.29) is 11.7 Å². The minimum absolute atomic E-state index is 0.135. The Balaban J connectivity index is 1.76. The molecule has 0 aliphatic heterocycles. The molecule has 0 amide bonds. The second kappa shape index (κ2) is 8.99. The normalized spacial score (nSPS) is 10.6. The van der Waals surface area contributed by atoms with Crippen molar-refractivity contribution in [2.75, 3.05) is 5.75 Å². The highest BCUT2D eigenvalue weighted by atomic mass is 32.2. The van der Waals surface area contributed by atoms with Gasteiger partial charge in [-0.05, 0) is 31.5 Å². The summed E-state index contributed by atoms with van der Waals surface area (Å²) in [5.74, 6) is -0.0106. The van der Waals surface area contributed by atoms with Crippen molar-refractivity contribution in [2.45, 2.75) is 18.9 Å². The molecule has 0 unspecified atom stereocenters. The van der Waals surface area contributed by atoms with Crippen molar-refractivity contribution in [3.05, 3.63) is 89.7 Å².